The number of pyridine rings is 1. The van der Waals surface area contributed by atoms with Crippen molar-refractivity contribution < 1.29 is 14.7 Å². The molecule has 3 atom stereocenters. The Morgan fingerprint density at radius 2 is 1.96 bits per heavy atom. The molecule has 1 aromatic carbocycles. The van der Waals surface area contributed by atoms with E-state index in [-0.39, 0.29) is 17.7 Å². The molecule has 1 heterocycles. The van der Waals surface area contributed by atoms with Gasteiger partial charge in [-0.05, 0) is 42.5 Å². The molecule has 0 spiro atoms. The number of aromatic nitrogens is 1. The number of carbonyl (C=O) groups is 2. The van der Waals surface area contributed by atoms with E-state index < -0.39 is 12.1 Å². The summed E-state index contributed by atoms with van der Waals surface area (Å²) in [6.07, 6.45) is 7.45. The zero-order valence-electron chi connectivity index (χ0n) is 15.6. The second-order valence-corrected chi connectivity index (χ2v) is 7.02. The third-order valence-corrected chi connectivity index (χ3v) is 4.93. The van der Waals surface area contributed by atoms with Gasteiger partial charge in [0.1, 0.15) is 0 Å². The third kappa shape index (κ3) is 5.76. The van der Waals surface area contributed by atoms with Crippen LogP contribution in [0.15, 0.2) is 60.9 Å². The highest BCUT2D eigenvalue weighted by Crippen LogP contribution is 2.25. The van der Waals surface area contributed by atoms with Crippen molar-refractivity contribution in [1.29, 1.82) is 0 Å². The number of carbonyl (C=O) groups excluding carboxylic acids is 2. The molecule has 1 saturated carbocycles. The van der Waals surface area contributed by atoms with Crippen LogP contribution in [-0.4, -0.2) is 34.1 Å². The van der Waals surface area contributed by atoms with Crippen LogP contribution in [0, 0.1) is 5.92 Å². The van der Waals surface area contributed by atoms with Crippen molar-refractivity contribution in [3.63, 3.8) is 0 Å². The summed E-state index contributed by atoms with van der Waals surface area (Å²) in [7, 11) is 0. The third-order valence-electron chi connectivity index (χ3n) is 4.93. The average Bonchev–Trinajstić information content (AvgIpc) is 2.73. The molecule has 0 aliphatic heterocycles. The lowest BCUT2D eigenvalue weighted by Gasteiger charge is -2.32. The van der Waals surface area contributed by atoms with Gasteiger partial charge >= 0.3 is 0 Å². The number of aliphatic hydroxyl groups excluding tert-OH is 1. The van der Waals surface area contributed by atoms with E-state index in [0.717, 1.165) is 11.1 Å². The first kappa shape index (κ1) is 19.8. The van der Waals surface area contributed by atoms with E-state index >= 15 is 0 Å². The molecule has 28 heavy (non-hydrogen) atoms. The molecule has 6 heteroatoms. The molecule has 2 aromatic rings. The van der Waals surface area contributed by atoms with Gasteiger partial charge in [-0.2, -0.15) is 0 Å². The summed E-state index contributed by atoms with van der Waals surface area (Å²) < 4.78 is 0. The van der Waals surface area contributed by atoms with Crippen LogP contribution in [0.3, 0.4) is 0 Å². The minimum Gasteiger partial charge on any atom is -0.391 e. The van der Waals surface area contributed by atoms with Crippen LogP contribution < -0.4 is 10.6 Å². The minimum absolute atomic E-state index is 0.0603. The Labute approximate surface area is 164 Å². The highest BCUT2D eigenvalue weighted by atomic mass is 16.3. The van der Waals surface area contributed by atoms with E-state index in [2.05, 4.69) is 15.6 Å². The summed E-state index contributed by atoms with van der Waals surface area (Å²) in [6, 6.07) is 12.8. The number of nitrogens with zero attached hydrogens (tertiary/aromatic N) is 1. The van der Waals surface area contributed by atoms with Gasteiger partial charge in [0.2, 0.25) is 11.8 Å². The van der Waals surface area contributed by atoms with E-state index in [1.165, 1.54) is 6.08 Å². The van der Waals surface area contributed by atoms with E-state index in [4.69, 9.17) is 0 Å². The van der Waals surface area contributed by atoms with E-state index in [0.29, 0.717) is 25.8 Å². The summed E-state index contributed by atoms with van der Waals surface area (Å²) in [6.45, 7) is 0.419. The standard InChI is InChI=1S/C22H25N3O3/c26-20-10-9-18(22(28)24-15-17-7-4-12-23-14-17)13-19(20)25-21(27)11-8-16-5-2-1-3-6-16/h1-8,11-12,14,18-20,26H,9-10,13,15H2,(H,24,28)(H,25,27)/t18-,19+,20+/m0/s1. The van der Waals surface area contributed by atoms with Gasteiger partial charge in [0, 0.05) is 30.9 Å². The molecule has 2 amide bonds. The van der Waals surface area contributed by atoms with E-state index in [1.54, 1.807) is 18.5 Å². The largest absolute Gasteiger partial charge is 0.391 e. The molecule has 6 nitrogen and oxygen atoms in total. The molecule has 1 aliphatic carbocycles. The highest BCUT2D eigenvalue weighted by Gasteiger charge is 2.33. The minimum atomic E-state index is -0.642. The smallest absolute Gasteiger partial charge is 0.244 e. The molecule has 0 unspecified atom stereocenters. The van der Waals surface area contributed by atoms with Crippen LogP contribution in [0.2, 0.25) is 0 Å². The highest BCUT2D eigenvalue weighted by molar-refractivity contribution is 5.92. The second-order valence-electron chi connectivity index (χ2n) is 7.02. The average molecular weight is 379 g/mol. The maximum Gasteiger partial charge on any atom is 0.244 e. The lowest BCUT2D eigenvalue weighted by Crippen LogP contribution is -2.49. The fourth-order valence-corrected chi connectivity index (χ4v) is 3.35. The van der Waals surface area contributed by atoms with Crippen molar-refractivity contribution in [2.75, 3.05) is 0 Å². The molecule has 1 aromatic heterocycles. The number of hydrogen-bond donors (Lipinski definition) is 3. The Morgan fingerprint density at radius 3 is 2.71 bits per heavy atom. The molecule has 0 saturated heterocycles. The summed E-state index contributed by atoms with van der Waals surface area (Å²) >= 11 is 0. The maximum atomic E-state index is 12.5. The molecule has 146 valence electrons. The quantitative estimate of drug-likeness (QED) is 0.670. The summed E-state index contributed by atoms with van der Waals surface area (Å²) in [5.41, 5.74) is 1.86. The first-order chi connectivity index (χ1) is 13.6. The van der Waals surface area contributed by atoms with Gasteiger partial charge in [0.05, 0.1) is 12.1 Å². The maximum absolute atomic E-state index is 12.5. The fraction of sp³-hybridized carbons (Fsp3) is 0.318. The Balaban J connectivity index is 1.51. The summed E-state index contributed by atoms with van der Waals surface area (Å²) in [5.74, 6) is -0.567. The summed E-state index contributed by atoms with van der Waals surface area (Å²) in [5, 5.41) is 16.0. The van der Waals surface area contributed by atoms with Gasteiger partial charge in [-0.1, -0.05) is 36.4 Å². The molecule has 0 radical (unpaired) electrons. The van der Waals surface area contributed by atoms with E-state index in [1.807, 2.05) is 42.5 Å². The predicted octanol–water partition coefficient (Wildman–Crippen LogP) is 2.06. The molecule has 3 N–H and O–H groups in total. The molecule has 1 aliphatic rings. The van der Waals surface area contributed by atoms with Gasteiger partial charge in [-0.3, -0.25) is 14.6 Å². The van der Waals surface area contributed by atoms with E-state index in [9.17, 15) is 14.7 Å². The van der Waals surface area contributed by atoms with Crippen LogP contribution in [0.25, 0.3) is 6.08 Å². The first-order valence-corrected chi connectivity index (χ1v) is 9.50. The Bertz CT molecular complexity index is 808. The van der Waals surface area contributed by atoms with Crippen LogP contribution in [0.4, 0.5) is 0 Å². The van der Waals surface area contributed by atoms with Crippen molar-refractivity contribution in [3.8, 4) is 0 Å². The fourth-order valence-electron chi connectivity index (χ4n) is 3.35. The van der Waals surface area contributed by atoms with Gasteiger partial charge < -0.3 is 15.7 Å². The number of benzene rings is 1. The van der Waals surface area contributed by atoms with Gasteiger partial charge in [-0.15, -0.1) is 0 Å². The monoisotopic (exact) mass is 379 g/mol. The number of aliphatic hydroxyl groups is 1. The lowest BCUT2D eigenvalue weighted by atomic mass is 9.83. The molecular weight excluding hydrogens is 354 g/mol. The first-order valence-electron chi connectivity index (χ1n) is 9.50. The lowest BCUT2D eigenvalue weighted by molar-refractivity contribution is -0.128. The van der Waals surface area contributed by atoms with Crippen molar-refractivity contribution in [3.05, 3.63) is 72.1 Å². The van der Waals surface area contributed by atoms with Crippen molar-refractivity contribution in [1.82, 2.24) is 15.6 Å². The van der Waals surface area contributed by atoms with Crippen LogP contribution in [0.5, 0.6) is 0 Å². The topological polar surface area (TPSA) is 91.3 Å². The Morgan fingerprint density at radius 1 is 1.14 bits per heavy atom. The Kier molecular flexibility index (Phi) is 6.92. The molecule has 1 fully saturated rings. The van der Waals surface area contributed by atoms with Crippen LogP contribution >= 0.6 is 0 Å². The van der Waals surface area contributed by atoms with Gasteiger partial charge in [0.25, 0.3) is 0 Å². The number of amides is 2. The SMILES string of the molecule is O=C(C=Cc1ccccc1)N[C@@H]1C[C@@H](C(=O)NCc2cccnc2)CC[C@H]1O. The predicted molar refractivity (Wildman–Crippen MR) is 107 cm³/mol. The number of rotatable bonds is 6. The zero-order chi connectivity index (χ0) is 19.8. The van der Waals surface area contributed by atoms with Gasteiger partial charge in [-0.25, -0.2) is 0 Å². The molecule has 3 rings (SSSR count). The van der Waals surface area contributed by atoms with Crippen molar-refractivity contribution in [2.45, 2.75) is 38.0 Å². The normalized spacial score (nSPS) is 22.0. The van der Waals surface area contributed by atoms with Gasteiger partial charge in [0.15, 0.2) is 0 Å². The summed E-state index contributed by atoms with van der Waals surface area (Å²) in [4.78, 5) is 28.7. The van der Waals surface area contributed by atoms with Crippen molar-refractivity contribution in [2.24, 2.45) is 5.92 Å². The van der Waals surface area contributed by atoms with Crippen LogP contribution in [-0.2, 0) is 16.1 Å². The molecular formula is C22H25N3O3. The van der Waals surface area contributed by atoms with Crippen molar-refractivity contribution >= 4 is 17.9 Å². The van der Waals surface area contributed by atoms with Crippen LogP contribution in [0.1, 0.15) is 30.4 Å². The molecule has 0 bridgehead atoms. The number of nitrogens with one attached hydrogen (secondary N) is 2. The second kappa shape index (κ2) is 9.80. The number of hydrogen-bond acceptors (Lipinski definition) is 4. The Hall–Kier alpha value is -2.99. The zero-order valence-corrected chi connectivity index (χ0v) is 15.6.